The van der Waals surface area contributed by atoms with Gasteiger partial charge in [0.05, 0.1) is 6.10 Å². The molecule has 0 saturated carbocycles. The highest BCUT2D eigenvalue weighted by Gasteiger charge is 2.21. The second kappa shape index (κ2) is 6.08. The third-order valence-corrected chi connectivity index (χ3v) is 3.00. The average Bonchev–Trinajstić information content (AvgIpc) is 2.25. The molecule has 1 aliphatic heterocycles. The van der Waals surface area contributed by atoms with Gasteiger partial charge < -0.3 is 15.7 Å². The fourth-order valence-electron chi connectivity index (χ4n) is 1.83. The lowest BCUT2D eigenvalue weighted by Crippen LogP contribution is -2.42. The minimum absolute atomic E-state index is 0.161. The lowest BCUT2D eigenvalue weighted by molar-refractivity contribution is -0.134. The predicted octanol–water partition coefficient (Wildman–Crippen LogP) is 0.345. The van der Waals surface area contributed by atoms with Crippen LogP contribution < -0.4 is 5.73 Å². The van der Waals surface area contributed by atoms with E-state index in [0.29, 0.717) is 25.4 Å². The van der Waals surface area contributed by atoms with Gasteiger partial charge in [0.1, 0.15) is 0 Å². The van der Waals surface area contributed by atoms with Crippen molar-refractivity contribution >= 4 is 5.91 Å². The number of carbonyl (C=O) groups is 1. The van der Waals surface area contributed by atoms with Crippen LogP contribution in [-0.2, 0) is 4.79 Å². The maximum atomic E-state index is 11.7. The van der Waals surface area contributed by atoms with Crippen molar-refractivity contribution in [2.45, 2.75) is 38.7 Å². The van der Waals surface area contributed by atoms with Crippen molar-refractivity contribution in [2.75, 3.05) is 19.6 Å². The van der Waals surface area contributed by atoms with Gasteiger partial charge in [-0.3, -0.25) is 4.79 Å². The van der Waals surface area contributed by atoms with Crippen LogP contribution in [0.25, 0.3) is 0 Å². The third kappa shape index (κ3) is 4.18. The maximum Gasteiger partial charge on any atom is 0.222 e. The molecule has 1 saturated heterocycles. The van der Waals surface area contributed by atoms with Crippen molar-refractivity contribution in [3.05, 3.63) is 0 Å². The molecule has 88 valence electrons. The van der Waals surface area contributed by atoms with Crippen molar-refractivity contribution < 1.29 is 9.90 Å². The summed E-state index contributed by atoms with van der Waals surface area (Å²) in [6, 6.07) is 0. The van der Waals surface area contributed by atoms with E-state index in [0.717, 1.165) is 25.8 Å². The van der Waals surface area contributed by atoms with Crippen LogP contribution in [0.1, 0.15) is 32.6 Å². The summed E-state index contributed by atoms with van der Waals surface area (Å²) in [6.45, 7) is 4.00. The second-order valence-electron chi connectivity index (χ2n) is 4.52. The summed E-state index contributed by atoms with van der Waals surface area (Å²) < 4.78 is 0. The van der Waals surface area contributed by atoms with Crippen LogP contribution in [0, 0.1) is 5.92 Å². The van der Waals surface area contributed by atoms with Crippen molar-refractivity contribution in [1.29, 1.82) is 0 Å². The molecule has 0 aromatic carbocycles. The van der Waals surface area contributed by atoms with Crippen molar-refractivity contribution in [1.82, 2.24) is 4.90 Å². The van der Waals surface area contributed by atoms with Crippen LogP contribution in [0.3, 0.4) is 0 Å². The number of hydrogen-bond donors (Lipinski definition) is 2. The van der Waals surface area contributed by atoms with Gasteiger partial charge in [0, 0.05) is 19.5 Å². The van der Waals surface area contributed by atoms with E-state index in [1.54, 1.807) is 4.90 Å². The molecule has 0 aromatic heterocycles. The number of piperidine rings is 1. The van der Waals surface area contributed by atoms with E-state index < -0.39 is 0 Å². The average molecular weight is 214 g/mol. The van der Waals surface area contributed by atoms with Crippen LogP contribution in [-0.4, -0.2) is 41.7 Å². The summed E-state index contributed by atoms with van der Waals surface area (Å²) in [5.41, 5.74) is 5.49. The van der Waals surface area contributed by atoms with E-state index in [1.165, 1.54) is 0 Å². The van der Waals surface area contributed by atoms with Gasteiger partial charge in [0.25, 0.3) is 0 Å². The van der Waals surface area contributed by atoms with E-state index in [1.807, 2.05) is 0 Å². The Morgan fingerprint density at radius 1 is 1.67 bits per heavy atom. The highest BCUT2D eigenvalue weighted by Crippen LogP contribution is 2.13. The monoisotopic (exact) mass is 214 g/mol. The number of nitrogens with zero attached hydrogens (tertiary/aromatic N) is 1. The third-order valence-electron chi connectivity index (χ3n) is 3.00. The van der Waals surface area contributed by atoms with Gasteiger partial charge in [-0.15, -0.1) is 0 Å². The van der Waals surface area contributed by atoms with Gasteiger partial charge in [-0.1, -0.05) is 6.92 Å². The smallest absolute Gasteiger partial charge is 0.222 e. The summed E-state index contributed by atoms with van der Waals surface area (Å²) in [5.74, 6) is 0.567. The molecule has 1 heterocycles. The number of carbonyl (C=O) groups excluding carboxylic acids is 1. The Hall–Kier alpha value is -0.610. The molecular formula is C11H22N2O2. The van der Waals surface area contributed by atoms with Crippen LogP contribution in [0.4, 0.5) is 0 Å². The number of likely N-dealkylation sites (tertiary alicyclic amines) is 1. The van der Waals surface area contributed by atoms with E-state index in [2.05, 4.69) is 6.92 Å². The highest BCUT2D eigenvalue weighted by molar-refractivity contribution is 5.76. The molecule has 4 heteroatoms. The molecule has 0 radical (unpaired) electrons. The number of aliphatic hydroxyl groups excluding tert-OH is 1. The van der Waals surface area contributed by atoms with Crippen molar-refractivity contribution in [3.8, 4) is 0 Å². The Labute approximate surface area is 91.4 Å². The number of hydrogen-bond acceptors (Lipinski definition) is 3. The molecule has 0 aliphatic carbocycles. The van der Waals surface area contributed by atoms with Crippen LogP contribution in [0.15, 0.2) is 0 Å². The second-order valence-corrected chi connectivity index (χ2v) is 4.52. The molecule has 3 N–H and O–H groups in total. The number of nitrogens with two attached hydrogens (primary N) is 1. The maximum absolute atomic E-state index is 11.7. The van der Waals surface area contributed by atoms with Gasteiger partial charge in [-0.05, 0) is 31.7 Å². The molecule has 4 nitrogen and oxygen atoms in total. The summed E-state index contributed by atoms with van der Waals surface area (Å²) in [5, 5.41) is 9.44. The van der Waals surface area contributed by atoms with Gasteiger partial charge in [0.15, 0.2) is 0 Å². The molecule has 1 fully saturated rings. The topological polar surface area (TPSA) is 66.6 Å². The van der Waals surface area contributed by atoms with Crippen molar-refractivity contribution in [2.24, 2.45) is 11.7 Å². The van der Waals surface area contributed by atoms with Gasteiger partial charge in [-0.25, -0.2) is 0 Å². The van der Waals surface area contributed by atoms with Crippen molar-refractivity contribution in [3.63, 3.8) is 0 Å². The first kappa shape index (κ1) is 12.5. The summed E-state index contributed by atoms with van der Waals surface area (Å²) in [7, 11) is 0. The fourth-order valence-corrected chi connectivity index (χ4v) is 1.83. The highest BCUT2D eigenvalue weighted by atomic mass is 16.3. The largest absolute Gasteiger partial charge is 0.391 e. The Bertz CT molecular complexity index is 209. The Morgan fingerprint density at radius 2 is 2.40 bits per heavy atom. The van der Waals surface area contributed by atoms with E-state index in [9.17, 15) is 9.90 Å². The summed E-state index contributed by atoms with van der Waals surface area (Å²) in [4.78, 5) is 13.5. The zero-order valence-corrected chi connectivity index (χ0v) is 9.48. The normalized spacial score (nSPS) is 23.9. The van der Waals surface area contributed by atoms with Crippen LogP contribution in [0.5, 0.6) is 0 Å². The lowest BCUT2D eigenvalue weighted by atomic mass is 10.0. The first-order chi connectivity index (χ1) is 7.13. The van der Waals surface area contributed by atoms with Crippen LogP contribution >= 0.6 is 0 Å². The Kier molecular flexibility index (Phi) is 5.05. The molecule has 2 atom stereocenters. The molecule has 0 bridgehead atoms. The van der Waals surface area contributed by atoms with Gasteiger partial charge >= 0.3 is 0 Å². The fraction of sp³-hybridized carbons (Fsp3) is 0.909. The zero-order chi connectivity index (χ0) is 11.3. The molecular weight excluding hydrogens is 192 g/mol. The predicted molar refractivity (Wildman–Crippen MR) is 59.3 cm³/mol. The lowest BCUT2D eigenvalue weighted by Gasteiger charge is -2.30. The number of aliphatic hydroxyl groups is 1. The number of β-amino-alcohol motifs (C(OH)–C–C–N with tert-alkyl or cyclic N) is 1. The SMILES string of the molecule is CC(CN)CCC(=O)N1CCC[C@H](O)C1. The standard InChI is InChI=1S/C11H22N2O2/c1-9(7-12)4-5-11(15)13-6-2-3-10(14)8-13/h9-10,14H,2-8,12H2,1H3/t9?,10-/m0/s1. The minimum Gasteiger partial charge on any atom is -0.391 e. The van der Waals surface area contributed by atoms with E-state index >= 15 is 0 Å². The zero-order valence-electron chi connectivity index (χ0n) is 9.48. The Balaban J connectivity index is 2.26. The summed E-state index contributed by atoms with van der Waals surface area (Å²) in [6.07, 6.45) is 2.82. The first-order valence-corrected chi connectivity index (χ1v) is 5.79. The molecule has 1 unspecified atom stereocenters. The molecule has 1 amide bonds. The van der Waals surface area contributed by atoms with Crippen LogP contribution in [0.2, 0.25) is 0 Å². The number of rotatable bonds is 4. The molecule has 0 aromatic rings. The van der Waals surface area contributed by atoms with E-state index in [4.69, 9.17) is 5.73 Å². The summed E-state index contributed by atoms with van der Waals surface area (Å²) >= 11 is 0. The minimum atomic E-state index is -0.324. The van der Waals surface area contributed by atoms with E-state index in [-0.39, 0.29) is 12.0 Å². The molecule has 1 rings (SSSR count). The quantitative estimate of drug-likeness (QED) is 0.709. The molecule has 0 spiro atoms. The molecule has 1 aliphatic rings. The first-order valence-electron chi connectivity index (χ1n) is 5.79. The van der Waals surface area contributed by atoms with Gasteiger partial charge in [-0.2, -0.15) is 0 Å². The number of amides is 1. The molecule has 15 heavy (non-hydrogen) atoms. The van der Waals surface area contributed by atoms with Gasteiger partial charge in [0.2, 0.25) is 5.91 Å². The Morgan fingerprint density at radius 3 is 3.00 bits per heavy atom.